The van der Waals surface area contributed by atoms with Gasteiger partial charge in [-0.15, -0.1) is 0 Å². The normalized spacial score (nSPS) is 13.5. The van der Waals surface area contributed by atoms with E-state index in [9.17, 15) is 20.1 Å². The van der Waals surface area contributed by atoms with E-state index < -0.39 is 18.2 Å². The van der Waals surface area contributed by atoms with Crippen LogP contribution in [0.3, 0.4) is 0 Å². The molecule has 5 heteroatoms. The number of amides is 1. The fourth-order valence-corrected chi connectivity index (χ4v) is 9.20. The van der Waals surface area contributed by atoms with Crippen LogP contribution in [0.15, 0.2) is 36.5 Å². The molecule has 3 atom stereocenters. The lowest BCUT2D eigenvalue weighted by Gasteiger charge is -2.26. The fraction of sp³-hybridized carbons (Fsp3) is 0.883. The van der Waals surface area contributed by atoms with Crippen molar-refractivity contribution in [3.05, 3.63) is 36.5 Å². The summed E-state index contributed by atoms with van der Waals surface area (Å²) in [5.74, 6) is -0.151. The lowest BCUT2D eigenvalue weighted by Crippen LogP contribution is -2.50. The second-order valence-corrected chi connectivity index (χ2v) is 20.2. The molecule has 0 aromatic rings. The zero-order valence-corrected chi connectivity index (χ0v) is 43.9. The maximum absolute atomic E-state index is 12.5. The van der Waals surface area contributed by atoms with Crippen LogP contribution in [0.2, 0.25) is 0 Å². The van der Waals surface area contributed by atoms with Gasteiger partial charge in [-0.3, -0.25) is 4.79 Å². The van der Waals surface area contributed by atoms with Crippen molar-refractivity contribution in [3.8, 4) is 0 Å². The maximum atomic E-state index is 12.5. The smallest absolute Gasteiger partial charge is 0.220 e. The molecule has 5 nitrogen and oxygen atoms in total. The van der Waals surface area contributed by atoms with Crippen LogP contribution < -0.4 is 5.32 Å². The molecule has 0 aliphatic carbocycles. The van der Waals surface area contributed by atoms with Gasteiger partial charge in [-0.1, -0.05) is 275 Å². The topological polar surface area (TPSA) is 89.8 Å². The number of carbonyl (C=O) groups is 1. The number of aliphatic hydroxyl groups is 3. The van der Waals surface area contributed by atoms with Gasteiger partial charge in [0.2, 0.25) is 5.91 Å². The second-order valence-electron chi connectivity index (χ2n) is 20.2. The Kier molecular flexibility index (Phi) is 54.0. The lowest BCUT2D eigenvalue weighted by atomic mass is 10.0. The fourth-order valence-electron chi connectivity index (χ4n) is 9.20. The van der Waals surface area contributed by atoms with Crippen molar-refractivity contribution in [2.75, 3.05) is 6.61 Å². The molecule has 0 fully saturated rings. The zero-order chi connectivity index (χ0) is 47.2. The van der Waals surface area contributed by atoms with Crippen LogP contribution in [0, 0.1) is 0 Å². The van der Waals surface area contributed by atoms with Crippen molar-refractivity contribution >= 4 is 5.91 Å². The van der Waals surface area contributed by atoms with Gasteiger partial charge in [-0.25, -0.2) is 0 Å². The zero-order valence-electron chi connectivity index (χ0n) is 43.9. The second kappa shape index (κ2) is 55.2. The largest absolute Gasteiger partial charge is 0.394 e. The Morgan fingerprint density at radius 1 is 0.385 bits per heavy atom. The molecule has 0 aromatic heterocycles. The third kappa shape index (κ3) is 50.3. The number of unbranched alkanes of at least 4 members (excludes halogenated alkanes) is 40. The SMILES string of the molecule is CCCCCCCCCCC/C=C\C/C=C\CCCCCCCCCCCCCCCC(=O)NC(CO)C(O)C(O)CCC/C=C/CCCCCCCCCCCCCCCCCCC. The Bertz CT molecular complexity index is 1010. The summed E-state index contributed by atoms with van der Waals surface area (Å²) in [6, 6.07) is -0.827. The molecule has 384 valence electrons. The van der Waals surface area contributed by atoms with Gasteiger partial charge in [0.05, 0.1) is 18.8 Å². The van der Waals surface area contributed by atoms with Crippen LogP contribution in [-0.4, -0.2) is 46.1 Å². The first kappa shape index (κ1) is 63.6. The van der Waals surface area contributed by atoms with Crippen LogP contribution in [0.4, 0.5) is 0 Å². The molecule has 4 N–H and O–H groups in total. The molecule has 0 saturated heterocycles. The molecule has 0 rings (SSSR count). The third-order valence-corrected chi connectivity index (χ3v) is 13.7. The van der Waals surface area contributed by atoms with Crippen LogP contribution in [0.5, 0.6) is 0 Å². The molecule has 0 spiro atoms. The van der Waals surface area contributed by atoms with Gasteiger partial charge < -0.3 is 20.6 Å². The van der Waals surface area contributed by atoms with Crippen LogP contribution in [0.25, 0.3) is 0 Å². The molecule has 0 bridgehead atoms. The highest BCUT2D eigenvalue weighted by Crippen LogP contribution is 2.17. The van der Waals surface area contributed by atoms with Crippen LogP contribution in [0.1, 0.15) is 316 Å². The van der Waals surface area contributed by atoms with E-state index in [4.69, 9.17) is 0 Å². The molecule has 3 unspecified atom stereocenters. The summed E-state index contributed by atoms with van der Waals surface area (Å²) in [5, 5.41) is 33.8. The molecule has 0 radical (unpaired) electrons. The number of rotatable bonds is 54. The minimum atomic E-state index is -1.16. The summed E-state index contributed by atoms with van der Waals surface area (Å²) < 4.78 is 0. The van der Waals surface area contributed by atoms with E-state index in [0.717, 1.165) is 44.9 Å². The van der Waals surface area contributed by atoms with Crippen molar-refractivity contribution < 1.29 is 20.1 Å². The maximum Gasteiger partial charge on any atom is 0.220 e. The molecule has 0 aliphatic rings. The molecule has 1 amide bonds. The van der Waals surface area contributed by atoms with E-state index in [0.29, 0.717) is 12.8 Å². The van der Waals surface area contributed by atoms with Gasteiger partial charge in [-0.05, 0) is 70.6 Å². The van der Waals surface area contributed by atoms with E-state index in [2.05, 4.69) is 55.6 Å². The lowest BCUT2D eigenvalue weighted by molar-refractivity contribution is -0.124. The van der Waals surface area contributed by atoms with E-state index in [1.807, 2.05) is 0 Å². The summed E-state index contributed by atoms with van der Waals surface area (Å²) >= 11 is 0. The Hall–Kier alpha value is -1.43. The number of nitrogens with one attached hydrogen (secondary N) is 1. The number of carbonyl (C=O) groups excluding carboxylic acids is 1. The number of hydrogen-bond acceptors (Lipinski definition) is 4. The summed E-state index contributed by atoms with van der Waals surface area (Å²) in [4.78, 5) is 12.5. The number of allylic oxidation sites excluding steroid dienone is 6. The van der Waals surface area contributed by atoms with Gasteiger partial charge in [0, 0.05) is 6.42 Å². The molecule has 65 heavy (non-hydrogen) atoms. The van der Waals surface area contributed by atoms with Gasteiger partial charge >= 0.3 is 0 Å². The molecular formula is C60H115NO4. The standard InChI is InChI=1S/C60H115NO4/c1-3-5-7-9-11-13-15-17-19-21-23-25-27-28-29-30-31-32-33-35-37-39-41-43-45-47-49-51-53-55-59(64)61-57(56-62)60(65)58(63)54-52-50-48-46-44-42-40-38-36-34-26-24-22-20-18-16-14-12-10-8-6-4-2/h23,25,28-29,46,48,57-58,60,62-63,65H,3-22,24,26-27,30-45,47,49-56H2,1-2H3,(H,61,64)/b25-23-,29-28-,48-46+. The number of aliphatic hydroxyl groups excluding tert-OH is 3. The first-order valence-electron chi connectivity index (χ1n) is 29.3. The van der Waals surface area contributed by atoms with Crippen molar-refractivity contribution in [1.82, 2.24) is 5.32 Å². The Morgan fingerprint density at radius 3 is 0.985 bits per heavy atom. The van der Waals surface area contributed by atoms with Gasteiger partial charge in [-0.2, -0.15) is 0 Å². The third-order valence-electron chi connectivity index (χ3n) is 13.7. The molecular weight excluding hydrogens is 799 g/mol. The van der Waals surface area contributed by atoms with E-state index in [-0.39, 0.29) is 12.5 Å². The highest BCUT2D eigenvalue weighted by atomic mass is 16.3. The van der Waals surface area contributed by atoms with Crippen LogP contribution >= 0.6 is 0 Å². The minimum absolute atomic E-state index is 0.151. The predicted molar refractivity (Wildman–Crippen MR) is 287 cm³/mol. The number of hydrogen-bond donors (Lipinski definition) is 4. The van der Waals surface area contributed by atoms with Crippen molar-refractivity contribution in [2.45, 2.75) is 334 Å². The van der Waals surface area contributed by atoms with Gasteiger partial charge in [0.1, 0.15) is 6.10 Å². The van der Waals surface area contributed by atoms with E-state index in [1.54, 1.807) is 0 Å². The van der Waals surface area contributed by atoms with Crippen LogP contribution in [-0.2, 0) is 4.79 Å². The average Bonchev–Trinajstić information content (AvgIpc) is 3.31. The average molecular weight is 915 g/mol. The quantitative estimate of drug-likeness (QED) is 0.0361. The van der Waals surface area contributed by atoms with Crippen molar-refractivity contribution in [3.63, 3.8) is 0 Å². The predicted octanol–water partition coefficient (Wildman–Crippen LogP) is 18.2. The highest BCUT2D eigenvalue weighted by molar-refractivity contribution is 5.76. The van der Waals surface area contributed by atoms with Gasteiger partial charge in [0.15, 0.2) is 0 Å². The summed E-state index contributed by atoms with van der Waals surface area (Å²) in [5.41, 5.74) is 0. The molecule has 0 aromatic carbocycles. The van der Waals surface area contributed by atoms with Crippen molar-refractivity contribution in [2.24, 2.45) is 0 Å². The Labute approximate surface area is 406 Å². The van der Waals surface area contributed by atoms with E-state index >= 15 is 0 Å². The first-order chi connectivity index (χ1) is 32.1. The molecule has 0 saturated carbocycles. The Balaban J connectivity index is 3.56. The minimum Gasteiger partial charge on any atom is -0.394 e. The monoisotopic (exact) mass is 914 g/mol. The highest BCUT2D eigenvalue weighted by Gasteiger charge is 2.26. The Morgan fingerprint density at radius 2 is 0.662 bits per heavy atom. The summed E-state index contributed by atoms with van der Waals surface area (Å²) in [7, 11) is 0. The molecule has 0 heterocycles. The van der Waals surface area contributed by atoms with E-state index in [1.165, 1.54) is 244 Å². The first-order valence-corrected chi connectivity index (χ1v) is 29.3. The molecule has 0 aliphatic heterocycles. The van der Waals surface area contributed by atoms with Crippen molar-refractivity contribution in [1.29, 1.82) is 0 Å². The summed E-state index contributed by atoms with van der Waals surface area (Å²) in [6.45, 7) is 4.20. The summed E-state index contributed by atoms with van der Waals surface area (Å²) in [6.07, 6.45) is 71.6. The van der Waals surface area contributed by atoms with Gasteiger partial charge in [0.25, 0.3) is 0 Å².